The van der Waals surface area contributed by atoms with E-state index in [0.29, 0.717) is 23.4 Å². The van der Waals surface area contributed by atoms with Gasteiger partial charge in [-0.25, -0.2) is 0 Å². The second-order valence-corrected chi connectivity index (χ2v) is 9.26. The van der Waals surface area contributed by atoms with Crippen molar-refractivity contribution in [3.63, 3.8) is 0 Å². The van der Waals surface area contributed by atoms with Crippen LogP contribution < -0.4 is 15.5 Å². The molecule has 1 heterocycles. The smallest absolute Gasteiger partial charge is 0.378 e. The van der Waals surface area contributed by atoms with E-state index in [0.717, 1.165) is 34.5 Å². The van der Waals surface area contributed by atoms with E-state index in [2.05, 4.69) is 17.2 Å². The molecule has 0 spiro atoms. The van der Waals surface area contributed by atoms with Crippen molar-refractivity contribution in [1.29, 1.82) is 0 Å². The van der Waals surface area contributed by atoms with Crippen molar-refractivity contribution >= 4 is 28.9 Å². The van der Waals surface area contributed by atoms with Gasteiger partial charge in [-0.05, 0) is 72.0 Å². The zero-order valence-corrected chi connectivity index (χ0v) is 20.8. The average Bonchev–Trinajstić information content (AvgIpc) is 2.83. The Labute approximate surface area is 214 Å². The van der Waals surface area contributed by atoms with E-state index in [4.69, 9.17) is 0 Å². The molecule has 1 aliphatic heterocycles. The lowest BCUT2D eigenvalue weighted by Crippen LogP contribution is -2.44. The van der Waals surface area contributed by atoms with Gasteiger partial charge in [0, 0.05) is 37.0 Å². The zero-order chi connectivity index (χ0) is 26.9. The van der Waals surface area contributed by atoms with Crippen LogP contribution >= 0.6 is 0 Å². The van der Waals surface area contributed by atoms with Crippen molar-refractivity contribution in [3.8, 4) is 11.1 Å². The first-order chi connectivity index (χ1) is 17.4. The lowest BCUT2D eigenvalue weighted by molar-refractivity contribution is -0.137. The highest BCUT2D eigenvalue weighted by Gasteiger charge is 2.33. The third kappa shape index (κ3) is 5.69. The van der Waals surface area contributed by atoms with E-state index in [-0.39, 0.29) is 23.9 Å². The number of hydrogen-bond donors (Lipinski definition) is 2. The number of rotatable bonds is 5. The van der Waals surface area contributed by atoms with Gasteiger partial charge >= 0.3 is 6.18 Å². The van der Waals surface area contributed by atoms with E-state index in [1.54, 1.807) is 11.0 Å². The predicted octanol–water partition coefficient (Wildman–Crippen LogP) is 6.78. The van der Waals surface area contributed by atoms with Gasteiger partial charge in [-0.15, -0.1) is 0 Å². The van der Waals surface area contributed by atoms with E-state index >= 15 is 0 Å². The normalized spacial score (nSPS) is 17.1. The third-order valence-electron chi connectivity index (χ3n) is 6.44. The van der Waals surface area contributed by atoms with Gasteiger partial charge in [0.1, 0.15) is 0 Å². The molecule has 4 rings (SSSR count). The molecule has 3 aromatic rings. The predicted molar refractivity (Wildman–Crippen MR) is 140 cm³/mol. The first-order valence-electron chi connectivity index (χ1n) is 11.9. The fourth-order valence-electron chi connectivity index (χ4n) is 4.79. The molecule has 1 aliphatic rings. The number of alkyl halides is 3. The molecule has 0 saturated carbocycles. The van der Waals surface area contributed by atoms with Crippen molar-refractivity contribution in [1.82, 2.24) is 5.32 Å². The number of halogens is 3. The molecule has 0 radical (unpaired) electrons. The van der Waals surface area contributed by atoms with Crippen LogP contribution in [0, 0.1) is 0 Å². The second-order valence-electron chi connectivity index (χ2n) is 9.26. The number of amides is 2. The van der Waals surface area contributed by atoms with Crippen LogP contribution in [0.4, 0.5) is 24.5 Å². The molecular formula is C29H28F3N3O2. The van der Waals surface area contributed by atoms with Crippen molar-refractivity contribution in [2.45, 2.75) is 45.5 Å². The van der Waals surface area contributed by atoms with Gasteiger partial charge in [-0.2, -0.15) is 13.2 Å². The summed E-state index contributed by atoms with van der Waals surface area (Å²) in [6, 6.07) is 17.9. The molecule has 192 valence electrons. The molecule has 0 unspecified atom stereocenters. The van der Waals surface area contributed by atoms with Crippen molar-refractivity contribution in [2.75, 3.05) is 10.2 Å². The fourth-order valence-corrected chi connectivity index (χ4v) is 4.79. The van der Waals surface area contributed by atoms with Crippen molar-refractivity contribution in [3.05, 3.63) is 90.0 Å². The van der Waals surface area contributed by atoms with E-state index in [9.17, 15) is 22.8 Å². The summed E-state index contributed by atoms with van der Waals surface area (Å²) in [7, 11) is 0. The number of fused-ring (bicyclic) bond motifs is 1. The number of benzene rings is 3. The van der Waals surface area contributed by atoms with Crippen molar-refractivity contribution < 1.29 is 22.8 Å². The maximum Gasteiger partial charge on any atom is 0.416 e. The molecule has 8 heteroatoms. The van der Waals surface area contributed by atoms with Crippen LogP contribution in [-0.4, -0.2) is 17.9 Å². The lowest BCUT2D eigenvalue weighted by atomic mass is 9.88. The minimum Gasteiger partial charge on any atom is -0.378 e. The number of hydrogen-bond acceptors (Lipinski definition) is 3. The average molecular weight is 508 g/mol. The topological polar surface area (TPSA) is 61.4 Å². The van der Waals surface area contributed by atoms with Crippen LogP contribution in [-0.2, 0) is 15.8 Å². The number of nitrogens with zero attached hydrogens (tertiary/aromatic N) is 1. The van der Waals surface area contributed by atoms with E-state index in [1.165, 1.54) is 26.0 Å². The fraction of sp³-hybridized carbons (Fsp3) is 0.241. The lowest BCUT2D eigenvalue weighted by Gasteiger charge is -2.40. The molecule has 0 aromatic heterocycles. The van der Waals surface area contributed by atoms with Gasteiger partial charge in [0.25, 0.3) is 0 Å². The highest BCUT2D eigenvalue weighted by Crippen LogP contribution is 2.41. The molecule has 37 heavy (non-hydrogen) atoms. The van der Waals surface area contributed by atoms with Gasteiger partial charge < -0.3 is 15.5 Å². The zero-order valence-electron chi connectivity index (χ0n) is 20.8. The summed E-state index contributed by atoms with van der Waals surface area (Å²) in [6.45, 7) is 9.01. The Kier molecular flexibility index (Phi) is 7.12. The molecule has 2 amide bonds. The number of carbonyl (C=O) groups excluding carboxylic acids is 2. The molecule has 3 aromatic carbocycles. The largest absolute Gasteiger partial charge is 0.416 e. The highest BCUT2D eigenvalue weighted by molar-refractivity contribution is 5.94. The summed E-state index contributed by atoms with van der Waals surface area (Å²) >= 11 is 0. The summed E-state index contributed by atoms with van der Waals surface area (Å²) in [5.74, 6) is -0.242. The van der Waals surface area contributed by atoms with Crippen molar-refractivity contribution in [2.24, 2.45) is 0 Å². The summed E-state index contributed by atoms with van der Waals surface area (Å²) in [6.07, 6.45) is -3.82. The Bertz CT molecular complexity index is 1350. The highest BCUT2D eigenvalue weighted by atomic mass is 19.4. The van der Waals surface area contributed by atoms with Gasteiger partial charge in [0.2, 0.25) is 11.8 Å². The van der Waals surface area contributed by atoms with E-state index < -0.39 is 11.7 Å². The first kappa shape index (κ1) is 26.0. The molecule has 0 fully saturated rings. The minimum absolute atomic E-state index is 0.0748. The quantitative estimate of drug-likeness (QED) is 0.400. The SMILES string of the molecule is C=C(N[C@@H]1C[C@H](C)N(C(C)=O)c2ccc(-c3cccc(NC(C)=O)c3)cc21)c1ccc(C(F)(F)F)cc1. The van der Waals surface area contributed by atoms with Crippen LogP contribution in [0.5, 0.6) is 0 Å². The Morgan fingerprint density at radius 3 is 2.27 bits per heavy atom. The van der Waals surface area contributed by atoms with Gasteiger partial charge in [0.15, 0.2) is 0 Å². The molecule has 0 aliphatic carbocycles. The third-order valence-corrected chi connectivity index (χ3v) is 6.44. The van der Waals surface area contributed by atoms with Crippen LogP contribution in [0.25, 0.3) is 16.8 Å². The van der Waals surface area contributed by atoms with Gasteiger partial charge in [-0.3, -0.25) is 9.59 Å². The minimum atomic E-state index is -4.41. The molecule has 5 nitrogen and oxygen atoms in total. The van der Waals surface area contributed by atoms with Crippen LogP contribution in [0.3, 0.4) is 0 Å². The molecular weight excluding hydrogens is 479 g/mol. The van der Waals surface area contributed by atoms with Gasteiger partial charge in [-0.1, -0.05) is 36.9 Å². The summed E-state index contributed by atoms with van der Waals surface area (Å²) < 4.78 is 38.9. The Balaban J connectivity index is 1.69. The van der Waals surface area contributed by atoms with E-state index in [1.807, 2.05) is 43.3 Å². The Morgan fingerprint density at radius 2 is 1.65 bits per heavy atom. The summed E-state index contributed by atoms with van der Waals surface area (Å²) in [4.78, 5) is 25.7. The van der Waals surface area contributed by atoms with Gasteiger partial charge in [0.05, 0.1) is 11.6 Å². The van der Waals surface area contributed by atoms with Crippen LogP contribution in [0.1, 0.15) is 49.9 Å². The number of nitrogens with one attached hydrogen (secondary N) is 2. The Morgan fingerprint density at radius 1 is 0.973 bits per heavy atom. The second kappa shape index (κ2) is 10.1. The maximum absolute atomic E-state index is 13.0. The first-order valence-corrected chi connectivity index (χ1v) is 11.9. The van der Waals surface area contributed by atoms with Crippen LogP contribution in [0.2, 0.25) is 0 Å². The molecule has 0 bridgehead atoms. The monoisotopic (exact) mass is 507 g/mol. The number of anilines is 2. The van der Waals surface area contributed by atoms with Crippen LogP contribution in [0.15, 0.2) is 73.3 Å². The Hall–Kier alpha value is -4.07. The molecule has 2 atom stereocenters. The number of carbonyl (C=O) groups is 2. The summed E-state index contributed by atoms with van der Waals surface area (Å²) in [5, 5.41) is 6.17. The summed E-state index contributed by atoms with van der Waals surface area (Å²) in [5.41, 5.74) is 4.44. The standard InChI is InChI=1S/C29H28F3N3O2/c1-17-14-27(33-18(2)21-8-11-24(12-9-21)29(30,31)32)26-16-23(10-13-28(26)35(17)20(4)37)22-6-5-7-25(15-22)34-19(3)36/h5-13,15-17,27,33H,2,14H2,1,3-4H3,(H,34,36)/t17-,27+/m0/s1. The molecule has 2 N–H and O–H groups in total. The maximum atomic E-state index is 13.0. The molecule has 0 saturated heterocycles.